The maximum atomic E-state index is 4.75. The van der Waals surface area contributed by atoms with Crippen molar-refractivity contribution in [1.82, 2.24) is 9.97 Å². The number of rotatable bonds is 1. The van der Waals surface area contributed by atoms with Gasteiger partial charge in [-0.2, -0.15) is 0 Å². The molecule has 2 aromatic rings. The molecule has 0 radical (unpaired) electrons. The molecule has 2 heteroatoms. The van der Waals surface area contributed by atoms with E-state index in [2.05, 4.69) is 31.0 Å². The molecule has 0 aliphatic heterocycles. The van der Waals surface area contributed by atoms with Gasteiger partial charge < -0.3 is 4.98 Å². The average molecular weight is 240 g/mol. The first kappa shape index (κ1) is 10.6. The molecule has 0 atom stereocenters. The molecule has 1 saturated carbocycles. The lowest BCUT2D eigenvalue weighted by molar-refractivity contribution is 0.359. The van der Waals surface area contributed by atoms with Gasteiger partial charge in [0.05, 0.1) is 11.0 Å². The first-order valence-electron chi connectivity index (χ1n) is 7.26. The summed E-state index contributed by atoms with van der Waals surface area (Å²) in [7, 11) is 0. The van der Waals surface area contributed by atoms with E-state index in [9.17, 15) is 0 Å². The minimum Gasteiger partial charge on any atom is -0.342 e. The standard InChI is InChI=1S/C16H20N2/c1-9(2)16-17-14-7-12-10-3-4-11(6-5-10)13(12)8-15(14)18-16/h7-11H,3-6H2,1-2H3,(H,17,18). The Labute approximate surface area is 108 Å². The van der Waals surface area contributed by atoms with Gasteiger partial charge in [-0.3, -0.25) is 0 Å². The molecule has 1 fully saturated rings. The first-order chi connectivity index (χ1) is 8.72. The number of fused-ring (bicyclic) bond motifs is 3. The molecule has 0 amide bonds. The van der Waals surface area contributed by atoms with Crippen molar-refractivity contribution in [1.29, 1.82) is 0 Å². The normalized spacial score (nSPS) is 25.9. The second-order valence-electron chi connectivity index (χ2n) is 6.32. The molecular weight excluding hydrogens is 220 g/mol. The van der Waals surface area contributed by atoms with Crippen LogP contribution >= 0.6 is 0 Å². The zero-order valence-electron chi connectivity index (χ0n) is 11.2. The number of imidazole rings is 1. The summed E-state index contributed by atoms with van der Waals surface area (Å²) in [6.45, 7) is 4.39. The summed E-state index contributed by atoms with van der Waals surface area (Å²) < 4.78 is 0. The Hall–Kier alpha value is -1.31. The van der Waals surface area contributed by atoms with E-state index in [4.69, 9.17) is 4.98 Å². The number of aromatic nitrogens is 2. The van der Waals surface area contributed by atoms with Crippen LogP contribution in [-0.4, -0.2) is 9.97 Å². The van der Waals surface area contributed by atoms with Crippen LogP contribution in [0.3, 0.4) is 0 Å². The summed E-state index contributed by atoms with van der Waals surface area (Å²) in [5.41, 5.74) is 5.63. The predicted octanol–water partition coefficient (Wildman–Crippen LogP) is 4.44. The highest BCUT2D eigenvalue weighted by Gasteiger charge is 2.33. The van der Waals surface area contributed by atoms with Crippen LogP contribution in [0.2, 0.25) is 0 Å². The predicted molar refractivity (Wildman–Crippen MR) is 74.1 cm³/mol. The molecule has 2 bridgehead atoms. The first-order valence-corrected chi connectivity index (χ1v) is 7.26. The van der Waals surface area contributed by atoms with Crippen molar-refractivity contribution < 1.29 is 0 Å². The fourth-order valence-corrected chi connectivity index (χ4v) is 3.81. The van der Waals surface area contributed by atoms with Crippen molar-refractivity contribution in [3.63, 3.8) is 0 Å². The Kier molecular flexibility index (Phi) is 2.12. The molecule has 0 spiro atoms. The summed E-state index contributed by atoms with van der Waals surface area (Å²) in [5, 5.41) is 0. The molecule has 1 aromatic carbocycles. The third-order valence-corrected chi connectivity index (χ3v) is 4.86. The Balaban J connectivity index is 1.93. The van der Waals surface area contributed by atoms with E-state index in [0.29, 0.717) is 5.92 Å². The fraction of sp³-hybridized carbons (Fsp3) is 0.562. The molecular formula is C16H20N2. The number of nitrogens with zero attached hydrogens (tertiary/aromatic N) is 1. The summed E-state index contributed by atoms with van der Waals surface area (Å²) >= 11 is 0. The molecule has 2 nitrogen and oxygen atoms in total. The van der Waals surface area contributed by atoms with Gasteiger partial charge in [0.15, 0.2) is 0 Å². The van der Waals surface area contributed by atoms with Crippen LogP contribution in [0.25, 0.3) is 11.0 Å². The van der Waals surface area contributed by atoms with Gasteiger partial charge in [-0.25, -0.2) is 4.98 Å². The smallest absolute Gasteiger partial charge is 0.109 e. The molecule has 0 unspecified atom stereocenters. The van der Waals surface area contributed by atoms with E-state index in [1.54, 1.807) is 11.1 Å². The maximum absolute atomic E-state index is 4.75. The topological polar surface area (TPSA) is 28.7 Å². The van der Waals surface area contributed by atoms with E-state index in [0.717, 1.165) is 17.7 Å². The van der Waals surface area contributed by atoms with Crippen molar-refractivity contribution in [2.24, 2.45) is 0 Å². The molecule has 5 rings (SSSR count). The Morgan fingerprint density at radius 1 is 1.06 bits per heavy atom. The molecule has 1 N–H and O–H groups in total. The van der Waals surface area contributed by atoms with Gasteiger partial charge in [0.25, 0.3) is 0 Å². The Bertz CT molecular complexity index is 552. The number of aromatic amines is 1. The number of H-pyrrole nitrogens is 1. The lowest BCUT2D eigenvalue weighted by Gasteiger charge is -2.38. The van der Waals surface area contributed by atoms with Crippen LogP contribution in [0.15, 0.2) is 12.1 Å². The fourth-order valence-electron chi connectivity index (χ4n) is 3.81. The van der Waals surface area contributed by atoms with E-state index >= 15 is 0 Å². The van der Waals surface area contributed by atoms with Crippen molar-refractivity contribution in [3.05, 3.63) is 29.1 Å². The van der Waals surface area contributed by atoms with Gasteiger partial charge in [-0.1, -0.05) is 13.8 Å². The van der Waals surface area contributed by atoms with Crippen molar-refractivity contribution in [3.8, 4) is 0 Å². The number of nitrogens with one attached hydrogen (secondary N) is 1. The van der Waals surface area contributed by atoms with Gasteiger partial charge in [0.1, 0.15) is 5.82 Å². The van der Waals surface area contributed by atoms with Crippen LogP contribution < -0.4 is 0 Å². The van der Waals surface area contributed by atoms with E-state index < -0.39 is 0 Å². The lowest BCUT2D eigenvalue weighted by atomic mass is 9.67. The summed E-state index contributed by atoms with van der Waals surface area (Å²) in [6.07, 6.45) is 5.58. The SMILES string of the molecule is CC(C)c1nc2cc3c(cc2[nH]1)C1CCC3CC1. The lowest BCUT2D eigenvalue weighted by Crippen LogP contribution is -2.21. The van der Waals surface area contributed by atoms with Crippen LogP contribution in [0, 0.1) is 0 Å². The molecule has 94 valence electrons. The third kappa shape index (κ3) is 1.38. The van der Waals surface area contributed by atoms with Gasteiger partial charge in [0, 0.05) is 5.92 Å². The molecule has 1 heterocycles. The highest BCUT2D eigenvalue weighted by molar-refractivity contribution is 5.78. The second kappa shape index (κ2) is 3.59. The molecule has 0 saturated heterocycles. The highest BCUT2D eigenvalue weighted by atomic mass is 14.9. The van der Waals surface area contributed by atoms with Crippen LogP contribution in [-0.2, 0) is 0 Å². The summed E-state index contributed by atoms with van der Waals surface area (Å²) in [4.78, 5) is 8.24. The minimum absolute atomic E-state index is 0.478. The summed E-state index contributed by atoms with van der Waals surface area (Å²) in [5.74, 6) is 3.24. The van der Waals surface area contributed by atoms with Crippen molar-refractivity contribution >= 4 is 11.0 Å². The maximum Gasteiger partial charge on any atom is 0.109 e. The van der Waals surface area contributed by atoms with E-state index in [-0.39, 0.29) is 0 Å². The quantitative estimate of drug-likeness (QED) is 0.784. The highest BCUT2D eigenvalue weighted by Crippen LogP contribution is 2.50. The van der Waals surface area contributed by atoms with Crippen LogP contribution in [0.4, 0.5) is 0 Å². The molecule has 3 aliphatic rings. The average Bonchev–Trinajstić information content (AvgIpc) is 2.81. The van der Waals surface area contributed by atoms with Crippen molar-refractivity contribution in [2.75, 3.05) is 0 Å². The van der Waals surface area contributed by atoms with Crippen LogP contribution in [0.1, 0.15) is 74.2 Å². The summed E-state index contributed by atoms with van der Waals surface area (Å²) in [6, 6.07) is 4.75. The molecule has 3 aliphatic carbocycles. The number of hydrogen-bond donors (Lipinski definition) is 1. The Morgan fingerprint density at radius 2 is 1.67 bits per heavy atom. The van der Waals surface area contributed by atoms with E-state index in [1.165, 1.54) is 36.7 Å². The molecule has 1 aromatic heterocycles. The van der Waals surface area contributed by atoms with Gasteiger partial charge in [0.2, 0.25) is 0 Å². The monoisotopic (exact) mass is 240 g/mol. The van der Waals surface area contributed by atoms with Gasteiger partial charge in [-0.15, -0.1) is 0 Å². The van der Waals surface area contributed by atoms with Crippen molar-refractivity contribution in [2.45, 2.75) is 57.3 Å². The van der Waals surface area contributed by atoms with Gasteiger partial charge >= 0.3 is 0 Å². The zero-order valence-corrected chi connectivity index (χ0v) is 11.2. The third-order valence-electron chi connectivity index (χ3n) is 4.86. The Morgan fingerprint density at radius 3 is 2.28 bits per heavy atom. The number of hydrogen-bond acceptors (Lipinski definition) is 1. The molecule has 18 heavy (non-hydrogen) atoms. The van der Waals surface area contributed by atoms with Gasteiger partial charge in [-0.05, 0) is 60.8 Å². The minimum atomic E-state index is 0.478. The second-order valence-corrected chi connectivity index (χ2v) is 6.32. The zero-order chi connectivity index (χ0) is 12.3. The largest absolute Gasteiger partial charge is 0.342 e. The van der Waals surface area contributed by atoms with E-state index in [1.807, 2.05) is 0 Å². The van der Waals surface area contributed by atoms with Crippen LogP contribution in [0.5, 0.6) is 0 Å². The number of benzene rings is 1.